The quantitative estimate of drug-likeness (QED) is 0.429. The minimum Gasteiger partial charge on any atom is -0.455 e. The van der Waals surface area contributed by atoms with E-state index >= 15 is 0 Å². The average molecular weight is 463 g/mol. The highest BCUT2D eigenvalue weighted by molar-refractivity contribution is 7.18. The lowest BCUT2D eigenvalue weighted by Gasteiger charge is -2.28. The number of hydrogen-bond donors (Lipinski definition) is 2. The van der Waals surface area contributed by atoms with Crippen LogP contribution in [0, 0.1) is 13.8 Å². The van der Waals surface area contributed by atoms with E-state index in [-0.39, 0.29) is 6.10 Å². The molecule has 4 aromatic rings. The Morgan fingerprint density at radius 3 is 2.73 bits per heavy atom. The Morgan fingerprint density at radius 1 is 1.12 bits per heavy atom. The number of aromatic nitrogens is 4. The molecular weight excluding hydrogens is 436 g/mol. The maximum absolute atomic E-state index is 9.73. The number of rotatable bonds is 6. The van der Waals surface area contributed by atoms with E-state index in [0.717, 1.165) is 70.5 Å². The van der Waals surface area contributed by atoms with Crippen LogP contribution in [-0.4, -0.2) is 49.1 Å². The summed E-state index contributed by atoms with van der Waals surface area (Å²) in [6, 6.07) is 9.77. The number of benzene rings is 1. The minimum atomic E-state index is -0.174. The SMILES string of the molecule is Cc1ccc(Oc2ccc(Nc3ncnc4sc(CN5CCC(O)CC5)nc34)cc2C)cn1. The smallest absolute Gasteiger partial charge is 0.161 e. The van der Waals surface area contributed by atoms with Crippen molar-refractivity contribution in [3.63, 3.8) is 0 Å². The molecule has 170 valence electrons. The Labute approximate surface area is 196 Å². The Kier molecular flexibility index (Phi) is 6.17. The molecule has 4 heterocycles. The molecule has 1 aromatic carbocycles. The molecule has 0 aliphatic carbocycles. The molecule has 0 atom stereocenters. The first-order valence-corrected chi connectivity index (χ1v) is 11.8. The number of piperidine rings is 1. The minimum absolute atomic E-state index is 0.174. The summed E-state index contributed by atoms with van der Waals surface area (Å²) >= 11 is 1.59. The van der Waals surface area contributed by atoms with Gasteiger partial charge in [-0.1, -0.05) is 11.3 Å². The van der Waals surface area contributed by atoms with Crippen molar-refractivity contribution in [2.45, 2.75) is 39.3 Å². The summed E-state index contributed by atoms with van der Waals surface area (Å²) in [4.78, 5) is 21.1. The van der Waals surface area contributed by atoms with Crippen molar-refractivity contribution in [1.29, 1.82) is 0 Å². The van der Waals surface area contributed by atoms with E-state index in [1.54, 1.807) is 23.9 Å². The number of aryl methyl sites for hydroxylation is 2. The maximum Gasteiger partial charge on any atom is 0.161 e. The number of likely N-dealkylation sites (tertiary alicyclic amines) is 1. The molecule has 2 N–H and O–H groups in total. The van der Waals surface area contributed by atoms with Gasteiger partial charge in [-0.25, -0.2) is 15.0 Å². The molecule has 0 radical (unpaired) electrons. The Hall–Kier alpha value is -3.14. The van der Waals surface area contributed by atoms with Crippen molar-refractivity contribution in [2.75, 3.05) is 18.4 Å². The molecule has 1 saturated heterocycles. The summed E-state index contributed by atoms with van der Waals surface area (Å²) < 4.78 is 5.97. The third kappa shape index (κ3) is 5.11. The summed E-state index contributed by atoms with van der Waals surface area (Å²) in [6.45, 7) is 6.50. The van der Waals surface area contributed by atoms with Crippen molar-refractivity contribution in [3.8, 4) is 11.5 Å². The lowest BCUT2D eigenvalue weighted by atomic mass is 10.1. The standard InChI is InChI=1S/C24H26N6O2S/c1-15-11-17(4-6-20(15)32-19-5-3-16(2)25-12-19)28-23-22-24(27-14-26-23)33-21(29-22)13-30-9-7-18(31)8-10-30/h3-6,11-12,14,18,31H,7-10,13H2,1-2H3,(H,26,27,28). The fraction of sp³-hybridized carbons (Fsp3) is 0.333. The van der Waals surface area contributed by atoms with Crippen LogP contribution in [0.1, 0.15) is 29.1 Å². The normalized spacial score (nSPS) is 15.1. The zero-order chi connectivity index (χ0) is 22.8. The van der Waals surface area contributed by atoms with Gasteiger partial charge in [-0.15, -0.1) is 0 Å². The van der Waals surface area contributed by atoms with Gasteiger partial charge in [0, 0.05) is 24.5 Å². The first-order chi connectivity index (χ1) is 16.0. The van der Waals surface area contributed by atoms with Gasteiger partial charge in [0.2, 0.25) is 0 Å². The number of aliphatic hydroxyl groups excluding tert-OH is 1. The molecule has 0 amide bonds. The number of anilines is 2. The number of nitrogens with zero attached hydrogens (tertiary/aromatic N) is 5. The molecule has 1 aliphatic rings. The molecule has 3 aromatic heterocycles. The second kappa shape index (κ2) is 9.38. The first-order valence-electron chi connectivity index (χ1n) is 11.0. The van der Waals surface area contributed by atoms with Crippen LogP contribution in [0.4, 0.5) is 11.5 Å². The predicted molar refractivity (Wildman–Crippen MR) is 129 cm³/mol. The largest absolute Gasteiger partial charge is 0.455 e. The van der Waals surface area contributed by atoms with E-state index in [4.69, 9.17) is 9.72 Å². The number of nitrogens with one attached hydrogen (secondary N) is 1. The molecule has 0 spiro atoms. The van der Waals surface area contributed by atoms with Crippen LogP contribution >= 0.6 is 11.3 Å². The van der Waals surface area contributed by atoms with Crippen molar-refractivity contribution in [3.05, 3.63) is 59.1 Å². The highest BCUT2D eigenvalue weighted by Gasteiger charge is 2.19. The van der Waals surface area contributed by atoms with Crippen LogP contribution < -0.4 is 10.1 Å². The third-order valence-corrected chi connectivity index (χ3v) is 6.65. The average Bonchev–Trinajstić information content (AvgIpc) is 3.22. The van der Waals surface area contributed by atoms with Crippen LogP contribution in [0.5, 0.6) is 11.5 Å². The Balaban J connectivity index is 1.31. The van der Waals surface area contributed by atoms with Crippen LogP contribution in [0.3, 0.4) is 0 Å². The molecule has 0 unspecified atom stereocenters. The van der Waals surface area contributed by atoms with Gasteiger partial charge >= 0.3 is 0 Å². The predicted octanol–water partition coefficient (Wildman–Crippen LogP) is 4.59. The van der Waals surface area contributed by atoms with Gasteiger partial charge in [-0.3, -0.25) is 9.88 Å². The fourth-order valence-corrected chi connectivity index (χ4v) is 4.79. The second-order valence-corrected chi connectivity index (χ2v) is 9.40. The van der Waals surface area contributed by atoms with Crippen molar-refractivity contribution < 1.29 is 9.84 Å². The van der Waals surface area contributed by atoms with Gasteiger partial charge in [0.1, 0.15) is 33.2 Å². The number of pyridine rings is 1. The van der Waals surface area contributed by atoms with Crippen molar-refractivity contribution in [1.82, 2.24) is 24.8 Å². The monoisotopic (exact) mass is 462 g/mol. The molecule has 1 fully saturated rings. The third-order valence-electron chi connectivity index (χ3n) is 5.71. The van der Waals surface area contributed by atoms with E-state index < -0.39 is 0 Å². The fourth-order valence-electron chi connectivity index (χ4n) is 3.85. The van der Waals surface area contributed by atoms with E-state index in [1.165, 1.54) is 0 Å². The number of thiazole rings is 1. The van der Waals surface area contributed by atoms with Crippen molar-refractivity contribution >= 4 is 33.2 Å². The van der Waals surface area contributed by atoms with E-state index in [9.17, 15) is 5.11 Å². The number of ether oxygens (including phenoxy) is 1. The van der Waals surface area contributed by atoms with Gasteiger partial charge < -0.3 is 15.2 Å². The summed E-state index contributed by atoms with van der Waals surface area (Å²) in [5.74, 6) is 2.18. The van der Waals surface area contributed by atoms with Gasteiger partial charge in [-0.2, -0.15) is 0 Å². The van der Waals surface area contributed by atoms with Crippen LogP contribution in [-0.2, 0) is 6.54 Å². The van der Waals surface area contributed by atoms with E-state index in [2.05, 4.69) is 25.2 Å². The van der Waals surface area contributed by atoms with Gasteiger partial charge in [0.15, 0.2) is 5.82 Å². The summed E-state index contributed by atoms with van der Waals surface area (Å²) in [7, 11) is 0. The van der Waals surface area contributed by atoms with E-state index in [0.29, 0.717) is 11.6 Å². The molecule has 33 heavy (non-hydrogen) atoms. The highest BCUT2D eigenvalue weighted by Crippen LogP contribution is 2.31. The van der Waals surface area contributed by atoms with Gasteiger partial charge in [0.05, 0.1) is 18.8 Å². The number of aliphatic hydroxyl groups is 1. The zero-order valence-electron chi connectivity index (χ0n) is 18.7. The van der Waals surface area contributed by atoms with Crippen LogP contribution in [0.15, 0.2) is 42.9 Å². The van der Waals surface area contributed by atoms with Crippen LogP contribution in [0.2, 0.25) is 0 Å². The second-order valence-electron chi connectivity index (χ2n) is 8.33. The summed E-state index contributed by atoms with van der Waals surface area (Å²) in [5.41, 5.74) is 3.63. The number of hydrogen-bond acceptors (Lipinski definition) is 9. The molecule has 5 rings (SSSR count). The molecule has 1 aliphatic heterocycles. The van der Waals surface area contributed by atoms with Crippen LogP contribution in [0.25, 0.3) is 10.3 Å². The summed E-state index contributed by atoms with van der Waals surface area (Å²) in [5, 5.41) is 14.1. The zero-order valence-corrected chi connectivity index (χ0v) is 19.5. The van der Waals surface area contributed by atoms with E-state index in [1.807, 2.05) is 44.2 Å². The lowest BCUT2D eigenvalue weighted by Crippen LogP contribution is -2.35. The summed E-state index contributed by atoms with van der Waals surface area (Å²) in [6.07, 6.45) is 4.75. The maximum atomic E-state index is 9.73. The molecule has 0 bridgehead atoms. The molecular formula is C24H26N6O2S. The first kappa shape index (κ1) is 21.7. The van der Waals surface area contributed by atoms with Crippen molar-refractivity contribution in [2.24, 2.45) is 0 Å². The molecule has 8 nitrogen and oxygen atoms in total. The lowest BCUT2D eigenvalue weighted by molar-refractivity contribution is 0.0792. The number of fused-ring (bicyclic) bond motifs is 1. The van der Waals surface area contributed by atoms with Gasteiger partial charge in [0.25, 0.3) is 0 Å². The topological polar surface area (TPSA) is 96.3 Å². The highest BCUT2D eigenvalue weighted by atomic mass is 32.1. The van der Waals surface area contributed by atoms with Gasteiger partial charge in [-0.05, 0) is 62.6 Å². The Morgan fingerprint density at radius 2 is 1.97 bits per heavy atom. The molecule has 9 heteroatoms. The Bertz CT molecular complexity index is 1250. The molecule has 0 saturated carbocycles.